The number of carbonyl (C=O) groups excluding carboxylic acids is 1. The van der Waals surface area contributed by atoms with Crippen LogP contribution in [0.1, 0.15) is 18.4 Å². The van der Waals surface area contributed by atoms with E-state index in [9.17, 15) is 4.79 Å². The summed E-state index contributed by atoms with van der Waals surface area (Å²) in [6, 6.07) is 17.5. The predicted molar refractivity (Wildman–Crippen MR) is 87.4 cm³/mol. The average Bonchev–Trinajstić information content (AvgIpc) is 3.36. The summed E-state index contributed by atoms with van der Waals surface area (Å²) < 4.78 is 5.23. The molecule has 22 heavy (non-hydrogen) atoms. The van der Waals surface area contributed by atoms with Gasteiger partial charge in [0.15, 0.2) is 0 Å². The topological polar surface area (TPSA) is 50.4 Å². The molecule has 0 saturated heterocycles. The van der Waals surface area contributed by atoms with Crippen LogP contribution in [0.4, 0.5) is 10.5 Å². The second-order valence-electron chi connectivity index (χ2n) is 5.65. The fourth-order valence-corrected chi connectivity index (χ4v) is 2.67. The Morgan fingerprint density at radius 3 is 2.45 bits per heavy atom. The molecule has 0 unspecified atom stereocenters. The first-order valence-corrected chi connectivity index (χ1v) is 7.47. The summed E-state index contributed by atoms with van der Waals surface area (Å²) in [6.07, 6.45) is 2.23. The smallest absolute Gasteiger partial charge is 0.319 e. The maximum absolute atomic E-state index is 12.1. The van der Waals surface area contributed by atoms with Crippen LogP contribution in [0.5, 0.6) is 5.75 Å². The lowest BCUT2D eigenvalue weighted by molar-refractivity contribution is 0.251. The Hall–Kier alpha value is -2.49. The summed E-state index contributed by atoms with van der Waals surface area (Å²) in [5, 5.41) is 5.82. The minimum atomic E-state index is -0.202. The fourth-order valence-electron chi connectivity index (χ4n) is 2.67. The molecule has 0 bridgehead atoms. The van der Waals surface area contributed by atoms with Crippen LogP contribution in [0, 0.1) is 0 Å². The van der Waals surface area contributed by atoms with E-state index in [-0.39, 0.29) is 11.4 Å². The summed E-state index contributed by atoms with van der Waals surface area (Å²) in [5.74, 6) is 0.654. The molecule has 1 saturated carbocycles. The molecule has 0 aromatic heterocycles. The highest BCUT2D eigenvalue weighted by Crippen LogP contribution is 2.47. The van der Waals surface area contributed by atoms with Gasteiger partial charge in [0.1, 0.15) is 5.75 Å². The number of urea groups is 1. The molecule has 0 aliphatic heterocycles. The van der Waals surface area contributed by atoms with E-state index in [4.69, 9.17) is 4.74 Å². The molecule has 0 heterocycles. The standard InChI is InChI=1S/C18H20N2O2/c1-22-16-10-6-5-9-15(16)20-17(21)19-13-18(11-12-18)14-7-3-2-4-8-14/h2-10H,11-13H2,1H3,(H2,19,20,21). The maximum Gasteiger partial charge on any atom is 0.319 e. The largest absolute Gasteiger partial charge is 0.495 e. The molecule has 114 valence electrons. The number of anilines is 1. The van der Waals surface area contributed by atoms with Crippen molar-refractivity contribution in [2.24, 2.45) is 0 Å². The molecule has 1 fully saturated rings. The van der Waals surface area contributed by atoms with Crippen molar-refractivity contribution in [2.45, 2.75) is 18.3 Å². The molecule has 2 amide bonds. The van der Waals surface area contributed by atoms with Crippen molar-refractivity contribution >= 4 is 11.7 Å². The molecule has 3 rings (SSSR count). The number of methoxy groups -OCH3 is 1. The Labute approximate surface area is 130 Å². The van der Waals surface area contributed by atoms with Gasteiger partial charge in [-0.05, 0) is 30.5 Å². The van der Waals surface area contributed by atoms with Crippen LogP contribution < -0.4 is 15.4 Å². The molecule has 1 aliphatic rings. The van der Waals surface area contributed by atoms with Crippen molar-refractivity contribution in [1.29, 1.82) is 0 Å². The number of benzene rings is 2. The monoisotopic (exact) mass is 296 g/mol. The SMILES string of the molecule is COc1ccccc1NC(=O)NCC1(c2ccccc2)CC1. The summed E-state index contributed by atoms with van der Waals surface area (Å²) >= 11 is 0. The minimum Gasteiger partial charge on any atom is -0.495 e. The number of amides is 2. The second-order valence-corrected chi connectivity index (χ2v) is 5.65. The zero-order valence-corrected chi connectivity index (χ0v) is 12.6. The van der Waals surface area contributed by atoms with Gasteiger partial charge in [0.2, 0.25) is 0 Å². The first kappa shape index (κ1) is 14.4. The first-order valence-electron chi connectivity index (χ1n) is 7.47. The van der Waals surface area contributed by atoms with E-state index in [1.165, 1.54) is 5.56 Å². The molecule has 0 radical (unpaired) electrons. The van der Waals surface area contributed by atoms with E-state index in [1.807, 2.05) is 42.5 Å². The molecule has 4 heteroatoms. The third-order valence-corrected chi connectivity index (χ3v) is 4.18. The van der Waals surface area contributed by atoms with Crippen LogP contribution in [0.25, 0.3) is 0 Å². The number of rotatable bonds is 5. The van der Waals surface area contributed by atoms with Gasteiger partial charge in [0, 0.05) is 12.0 Å². The highest BCUT2D eigenvalue weighted by Gasteiger charge is 2.44. The van der Waals surface area contributed by atoms with Gasteiger partial charge in [-0.2, -0.15) is 0 Å². The Morgan fingerprint density at radius 1 is 1.09 bits per heavy atom. The molecule has 1 aliphatic carbocycles. The molecule has 4 nitrogen and oxygen atoms in total. The first-order chi connectivity index (χ1) is 10.7. The number of carbonyl (C=O) groups is 1. The summed E-state index contributed by atoms with van der Waals surface area (Å²) in [4.78, 5) is 12.1. The van der Waals surface area contributed by atoms with E-state index >= 15 is 0 Å². The van der Waals surface area contributed by atoms with Gasteiger partial charge in [0.25, 0.3) is 0 Å². The van der Waals surface area contributed by atoms with Crippen molar-refractivity contribution < 1.29 is 9.53 Å². The molecule has 2 N–H and O–H groups in total. The summed E-state index contributed by atoms with van der Waals surface area (Å²) in [7, 11) is 1.59. The van der Waals surface area contributed by atoms with Gasteiger partial charge in [-0.15, -0.1) is 0 Å². The Balaban J connectivity index is 1.59. The van der Waals surface area contributed by atoms with Crippen LogP contribution in [0.15, 0.2) is 54.6 Å². The van der Waals surface area contributed by atoms with Crippen LogP contribution >= 0.6 is 0 Å². The highest BCUT2D eigenvalue weighted by atomic mass is 16.5. The van der Waals surface area contributed by atoms with Crippen molar-refractivity contribution in [2.75, 3.05) is 19.0 Å². The summed E-state index contributed by atoms with van der Waals surface area (Å²) in [6.45, 7) is 0.651. The molecular formula is C18H20N2O2. The predicted octanol–water partition coefficient (Wildman–Crippen LogP) is 3.55. The zero-order chi connectivity index (χ0) is 15.4. The molecule has 0 spiro atoms. The van der Waals surface area contributed by atoms with Gasteiger partial charge in [-0.1, -0.05) is 42.5 Å². The van der Waals surface area contributed by atoms with Gasteiger partial charge >= 0.3 is 6.03 Å². The maximum atomic E-state index is 12.1. The highest BCUT2D eigenvalue weighted by molar-refractivity contribution is 5.91. The normalized spacial score (nSPS) is 15.0. The lowest BCUT2D eigenvalue weighted by Crippen LogP contribution is -2.35. The molecular weight excluding hydrogens is 276 g/mol. The number of nitrogens with one attached hydrogen (secondary N) is 2. The van der Waals surface area contributed by atoms with Gasteiger partial charge < -0.3 is 15.4 Å². The van der Waals surface area contributed by atoms with E-state index in [2.05, 4.69) is 22.8 Å². The lowest BCUT2D eigenvalue weighted by atomic mass is 9.96. The zero-order valence-electron chi connectivity index (χ0n) is 12.6. The van der Waals surface area contributed by atoms with Crippen LogP contribution in [0.3, 0.4) is 0 Å². The minimum absolute atomic E-state index is 0.110. The summed E-state index contributed by atoms with van der Waals surface area (Å²) in [5.41, 5.74) is 2.08. The fraction of sp³-hybridized carbons (Fsp3) is 0.278. The Kier molecular flexibility index (Phi) is 4.00. The third kappa shape index (κ3) is 3.06. The number of ether oxygens (including phenoxy) is 1. The van der Waals surface area contributed by atoms with Crippen molar-refractivity contribution in [3.63, 3.8) is 0 Å². The van der Waals surface area contributed by atoms with E-state index in [0.29, 0.717) is 18.0 Å². The molecule has 2 aromatic carbocycles. The second kappa shape index (κ2) is 6.10. The van der Waals surface area contributed by atoms with Crippen molar-refractivity contribution in [3.05, 3.63) is 60.2 Å². The van der Waals surface area contributed by atoms with E-state index in [0.717, 1.165) is 12.8 Å². The van der Waals surface area contributed by atoms with E-state index < -0.39 is 0 Å². The van der Waals surface area contributed by atoms with Gasteiger partial charge in [-0.25, -0.2) is 4.79 Å². The number of hydrogen-bond acceptors (Lipinski definition) is 2. The van der Waals surface area contributed by atoms with Crippen LogP contribution in [-0.2, 0) is 5.41 Å². The number of para-hydroxylation sites is 2. The van der Waals surface area contributed by atoms with Gasteiger partial charge in [-0.3, -0.25) is 0 Å². The van der Waals surface area contributed by atoms with E-state index in [1.54, 1.807) is 7.11 Å². The van der Waals surface area contributed by atoms with Crippen molar-refractivity contribution in [1.82, 2.24) is 5.32 Å². The molecule has 2 aromatic rings. The quantitative estimate of drug-likeness (QED) is 0.886. The molecule has 0 atom stereocenters. The van der Waals surface area contributed by atoms with Crippen LogP contribution in [0.2, 0.25) is 0 Å². The lowest BCUT2D eigenvalue weighted by Gasteiger charge is -2.17. The third-order valence-electron chi connectivity index (χ3n) is 4.18. The Bertz CT molecular complexity index is 651. The average molecular weight is 296 g/mol. The van der Waals surface area contributed by atoms with Gasteiger partial charge in [0.05, 0.1) is 12.8 Å². The van der Waals surface area contributed by atoms with Crippen molar-refractivity contribution in [3.8, 4) is 5.75 Å². The number of hydrogen-bond donors (Lipinski definition) is 2. The van der Waals surface area contributed by atoms with Crippen LogP contribution in [-0.4, -0.2) is 19.7 Å². The Morgan fingerprint density at radius 2 is 1.77 bits per heavy atom.